The second kappa shape index (κ2) is 8.24. The van der Waals surface area contributed by atoms with Crippen LogP contribution in [-0.2, 0) is 21.2 Å². The number of rotatable bonds is 3. The zero-order chi connectivity index (χ0) is 21.6. The van der Waals surface area contributed by atoms with Gasteiger partial charge in [-0.15, -0.1) is 11.3 Å². The quantitative estimate of drug-likeness (QED) is 0.683. The molecule has 0 N–H and O–H groups in total. The lowest BCUT2D eigenvalue weighted by molar-refractivity contribution is -0.0440. The fourth-order valence-electron chi connectivity index (χ4n) is 4.25. The van der Waals surface area contributed by atoms with E-state index in [2.05, 4.69) is 6.07 Å². The van der Waals surface area contributed by atoms with Crippen LogP contribution in [0.3, 0.4) is 0 Å². The van der Waals surface area contributed by atoms with Crippen molar-refractivity contribution in [1.29, 1.82) is 0 Å². The predicted molar refractivity (Wildman–Crippen MR) is 118 cm³/mol. The number of ether oxygens (including phenoxy) is 1. The molecule has 1 amide bonds. The first-order chi connectivity index (χ1) is 14.2. The lowest BCUT2D eigenvalue weighted by atomic mass is 10.0. The molecule has 2 aliphatic heterocycles. The molecule has 2 aromatic rings. The van der Waals surface area contributed by atoms with Crippen LogP contribution in [0.4, 0.5) is 0 Å². The van der Waals surface area contributed by atoms with Crippen LogP contribution < -0.4 is 0 Å². The van der Waals surface area contributed by atoms with Gasteiger partial charge in [-0.1, -0.05) is 11.6 Å². The van der Waals surface area contributed by atoms with Gasteiger partial charge in [0, 0.05) is 30.1 Å². The Bertz CT molecular complexity index is 1060. The molecule has 1 aromatic heterocycles. The molecule has 0 spiro atoms. The van der Waals surface area contributed by atoms with Crippen molar-refractivity contribution in [2.24, 2.45) is 0 Å². The van der Waals surface area contributed by atoms with Gasteiger partial charge in [-0.25, -0.2) is 8.42 Å². The van der Waals surface area contributed by atoms with Crippen molar-refractivity contribution in [2.75, 3.05) is 19.6 Å². The van der Waals surface area contributed by atoms with E-state index in [1.54, 1.807) is 22.3 Å². The van der Waals surface area contributed by atoms with Gasteiger partial charge in [0.2, 0.25) is 10.0 Å². The molecule has 1 aromatic carbocycles. The summed E-state index contributed by atoms with van der Waals surface area (Å²) in [6, 6.07) is 6.52. The fourth-order valence-corrected chi connectivity index (χ4v) is 7.31. The maximum Gasteiger partial charge on any atom is 0.254 e. The van der Waals surface area contributed by atoms with Crippen LogP contribution in [0.25, 0.3) is 0 Å². The van der Waals surface area contributed by atoms with Crippen LogP contribution in [0.1, 0.15) is 47.6 Å². The standard InChI is InChI=1S/C21H25ClN2O4S2/c1-13-11-23(12-14(2)28-13)30(26,27)20-10-16(4-5-18(20)22)21(25)24-8-6-19-17(15(24)3)7-9-29-19/h4-5,7,9-10,13-15H,6,8,11-12H2,1-3H3/t13-,14-,15+/m1/s1. The largest absolute Gasteiger partial charge is 0.373 e. The van der Waals surface area contributed by atoms with E-state index in [4.69, 9.17) is 16.3 Å². The highest BCUT2D eigenvalue weighted by atomic mass is 35.5. The molecule has 1 saturated heterocycles. The van der Waals surface area contributed by atoms with E-state index in [-0.39, 0.29) is 47.2 Å². The fraction of sp³-hybridized carbons (Fsp3) is 0.476. The summed E-state index contributed by atoms with van der Waals surface area (Å²) in [6.45, 7) is 6.81. The van der Waals surface area contributed by atoms with E-state index in [0.717, 1.165) is 12.0 Å². The third kappa shape index (κ3) is 3.91. The van der Waals surface area contributed by atoms with Crippen LogP contribution in [0.2, 0.25) is 5.02 Å². The maximum absolute atomic E-state index is 13.3. The van der Waals surface area contributed by atoms with Crippen LogP contribution in [0.15, 0.2) is 34.5 Å². The molecule has 0 unspecified atom stereocenters. The van der Waals surface area contributed by atoms with Gasteiger partial charge < -0.3 is 9.64 Å². The summed E-state index contributed by atoms with van der Waals surface area (Å²) >= 11 is 8.00. The molecule has 0 radical (unpaired) electrons. The van der Waals surface area contributed by atoms with E-state index >= 15 is 0 Å². The van der Waals surface area contributed by atoms with Gasteiger partial charge in [0.15, 0.2) is 0 Å². The van der Waals surface area contributed by atoms with Crippen molar-refractivity contribution in [3.8, 4) is 0 Å². The number of halogens is 1. The molecular weight excluding hydrogens is 444 g/mol. The number of benzene rings is 1. The van der Waals surface area contributed by atoms with Crippen LogP contribution >= 0.6 is 22.9 Å². The monoisotopic (exact) mass is 468 g/mol. The van der Waals surface area contributed by atoms with Gasteiger partial charge in [-0.05, 0) is 62.4 Å². The van der Waals surface area contributed by atoms with Crippen LogP contribution in [0.5, 0.6) is 0 Å². The number of carbonyl (C=O) groups excluding carboxylic acids is 1. The van der Waals surface area contributed by atoms with Gasteiger partial charge in [-0.2, -0.15) is 4.31 Å². The Hall–Kier alpha value is -1.45. The highest BCUT2D eigenvalue weighted by Crippen LogP contribution is 2.35. The van der Waals surface area contributed by atoms with Gasteiger partial charge in [0.05, 0.1) is 23.3 Å². The third-order valence-electron chi connectivity index (χ3n) is 5.72. The minimum Gasteiger partial charge on any atom is -0.373 e. The second-order valence-electron chi connectivity index (χ2n) is 7.95. The van der Waals surface area contributed by atoms with E-state index < -0.39 is 10.0 Å². The van der Waals surface area contributed by atoms with E-state index in [9.17, 15) is 13.2 Å². The summed E-state index contributed by atoms with van der Waals surface area (Å²) in [5.41, 5.74) is 1.50. The molecule has 162 valence electrons. The first-order valence-electron chi connectivity index (χ1n) is 10.0. The maximum atomic E-state index is 13.3. The van der Waals surface area contributed by atoms with Crippen LogP contribution in [-0.4, -0.2) is 55.4 Å². The number of morpholine rings is 1. The minimum atomic E-state index is -3.85. The molecule has 30 heavy (non-hydrogen) atoms. The normalized spacial score (nSPS) is 25.2. The molecule has 1 fully saturated rings. The summed E-state index contributed by atoms with van der Waals surface area (Å²) in [4.78, 5) is 16.3. The molecule has 0 saturated carbocycles. The Labute approximate surface area is 186 Å². The average molecular weight is 469 g/mol. The number of hydrogen-bond donors (Lipinski definition) is 0. The van der Waals surface area contributed by atoms with Gasteiger partial charge in [0.25, 0.3) is 5.91 Å². The summed E-state index contributed by atoms with van der Waals surface area (Å²) in [5.74, 6) is -0.184. The topological polar surface area (TPSA) is 66.9 Å². The van der Waals surface area contributed by atoms with E-state index in [0.29, 0.717) is 12.1 Å². The number of thiophene rings is 1. The van der Waals surface area contributed by atoms with Crippen molar-refractivity contribution < 1.29 is 17.9 Å². The Morgan fingerprint density at radius 2 is 1.87 bits per heavy atom. The molecule has 3 atom stereocenters. The Morgan fingerprint density at radius 3 is 2.57 bits per heavy atom. The molecule has 0 aliphatic carbocycles. The summed E-state index contributed by atoms with van der Waals surface area (Å²) in [5, 5.41) is 2.16. The highest BCUT2D eigenvalue weighted by Gasteiger charge is 2.35. The van der Waals surface area contributed by atoms with E-state index in [1.165, 1.54) is 21.3 Å². The number of amides is 1. The first kappa shape index (κ1) is 21.8. The molecule has 9 heteroatoms. The molecule has 2 aliphatic rings. The van der Waals surface area contributed by atoms with Crippen molar-refractivity contribution in [2.45, 2.75) is 50.3 Å². The van der Waals surface area contributed by atoms with Gasteiger partial charge >= 0.3 is 0 Å². The van der Waals surface area contributed by atoms with Crippen LogP contribution in [0, 0.1) is 0 Å². The highest BCUT2D eigenvalue weighted by molar-refractivity contribution is 7.89. The SMILES string of the molecule is C[C@@H]1CN(S(=O)(=O)c2cc(C(=O)N3CCc4sccc4[C@@H]3C)ccc2Cl)C[C@@H](C)O1. The lowest BCUT2D eigenvalue weighted by Crippen LogP contribution is -2.48. The zero-order valence-electron chi connectivity index (χ0n) is 17.2. The van der Waals surface area contributed by atoms with Gasteiger partial charge in [0.1, 0.15) is 4.90 Å². The number of sulfonamides is 1. The second-order valence-corrected chi connectivity index (χ2v) is 11.3. The number of fused-ring (bicyclic) bond motifs is 1. The zero-order valence-corrected chi connectivity index (χ0v) is 19.6. The van der Waals surface area contributed by atoms with Crippen molar-refractivity contribution in [3.63, 3.8) is 0 Å². The van der Waals surface area contributed by atoms with E-state index in [1.807, 2.05) is 26.2 Å². The van der Waals surface area contributed by atoms with Crippen molar-refractivity contribution in [3.05, 3.63) is 50.7 Å². The predicted octanol–water partition coefficient (Wildman–Crippen LogP) is 3.96. The molecule has 4 rings (SSSR count). The molecule has 6 nitrogen and oxygen atoms in total. The van der Waals surface area contributed by atoms with Crippen molar-refractivity contribution in [1.82, 2.24) is 9.21 Å². The molecular formula is C21H25ClN2O4S2. The summed E-state index contributed by atoms with van der Waals surface area (Å²) in [6.07, 6.45) is 0.396. The third-order valence-corrected chi connectivity index (χ3v) is 9.03. The number of carbonyl (C=O) groups is 1. The number of nitrogens with zero attached hydrogens (tertiary/aromatic N) is 2. The lowest BCUT2D eigenvalue weighted by Gasteiger charge is -2.35. The molecule has 3 heterocycles. The molecule has 0 bridgehead atoms. The summed E-state index contributed by atoms with van der Waals surface area (Å²) in [7, 11) is -3.85. The summed E-state index contributed by atoms with van der Waals surface area (Å²) < 4.78 is 33.7. The number of hydrogen-bond acceptors (Lipinski definition) is 5. The van der Waals surface area contributed by atoms with Gasteiger partial charge in [-0.3, -0.25) is 4.79 Å². The Morgan fingerprint density at radius 1 is 1.17 bits per heavy atom. The Balaban J connectivity index is 1.64. The Kier molecular flexibility index (Phi) is 5.98. The van der Waals surface area contributed by atoms with Crippen molar-refractivity contribution >= 4 is 38.9 Å². The smallest absolute Gasteiger partial charge is 0.254 e. The first-order valence-corrected chi connectivity index (χ1v) is 12.7. The minimum absolute atomic E-state index is 0.0304. The average Bonchev–Trinajstić information content (AvgIpc) is 3.17.